The monoisotopic (exact) mass is 372 g/mol. The highest BCUT2D eigenvalue weighted by Gasteiger charge is 2.15. The van der Waals surface area contributed by atoms with E-state index >= 15 is 0 Å². The predicted molar refractivity (Wildman–Crippen MR) is 102 cm³/mol. The van der Waals surface area contributed by atoms with E-state index in [2.05, 4.69) is 15.3 Å². The average molecular weight is 372 g/mol. The third kappa shape index (κ3) is 5.55. The molecule has 0 radical (unpaired) electrons. The lowest BCUT2D eigenvalue weighted by molar-refractivity contribution is -0.115. The standard InChI is InChI=1S/C19H24N4O4/c1-13(2)27-15-5-3-4-14(10-15)20-18(24)11-16-21-17(12-19(25)22-16)23-6-8-26-9-7-23/h3-5,10,12-13H,6-9,11H2,1-2H3,(H,20,24)(H,21,22,25). The van der Waals surface area contributed by atoms with Crippen LogP contribution in [0.25, 0.3) is 0 Å². The number of nitrogens with zero attached hydrogens (tertiary/aromatic N) is 2. The number of anilines is 2. The van der Waals surface area contributed by atoms with E-state index in [9.17, 15) is 9.59 Å². The zero-order valence-electron chi connectivity index (χ0n) is 15.5. The Kier molecular flexibility index (Phi) is 6.08. The summed E-state index contributed by atoms with van der Waals surface area (Å²) in [4.78, 5) is 33.3. The Morgan fingerprint density at radius 1 is 1.33 bits per heavy atom. The Hall–Kier alpha value is -2.87. The van der Waals surface area contributed by atoms with Crippen LogP contribution in [0, 0.1) is 0 Å². The molecule has 1 aliphatic heterocycles. The maximum atomic E-state index is 12.4. The number of carbonyl (C=O) groups excluding carboxylic acids is 1. The largest absolute Gasteiger partial charge is 0.491 e. The lowest BCUT2D eigenvalue weighted by Crippen LogP contribution is -2.37. The number of rotatable bonds is 6. The molecule has 2 heterocycles. The summed E-state index contributed by atoms with van der Waals surface area (Å²) in [6.45, 7) is 6.41. The fourth-order valence-corrected chi connectivity index (χ4v) is 2.81. The molecule has 1 aromatic carbocycles. The van der Waals surface area contributed by atoms with Crippen LogP contribution in [-0.4, -0.2) is 48.3 Å². The molecule has 0 aliphatic carbocycles. The molecule has 3 rings (SSSR count). The number of hydrogen-bond donors (Lipinski definition) is 2. The molecule has 1 fully saturated rings. The molecule has 2 N–H and O–H groups in total. The second-order valence-electron chi connectivity index (χ2n) is 6.57. The summed E-state index contributed by atoms with van der Waals surface area (Å²) in [5.41, 5.74) is 0.353. The maximum Gasteiger partial charge on any atom is 0.252 e. The van der Waals surface area contributed by atoms with Gasteiger partial charge >= 0.3 is 0 Å². The number of aromatic nitrogens is 2. The number of hydrogen-bond acceptors (Lipinski definition) is 6. The van der Waals surface area contributed by atoms with Crippen molar-refractivity contribution in [1.82, 2.24) is 9.97 Å². The SMILES string of the molecule is CC(C)Oc1cccc(NC(=O)Cc2nc(N3CCOCC3)cc(=O)[nH]2)c1. The third-order valence-electron chi connectivity index (χ3n) is 3.93. The van der Waals surface area contributed by atoms with E-state index in [0.29, 0.717) is 49.4 Å². The second kappa shape index (κ2) is 8.68. The van der Waals surface area contributed by atoms with Crippen molar-refractivity contribution >= 4 is 17.4 Å². The highest BCUT2D eigenvalue weighted by atomic mass is 16.5. The topological polar surface area (TPSA) is 96.5 Å². The van der Waals surface area contributed by atoms with Gasteiger partial charge in [-0.2, -0.15) is 0 Å². The van der Waals surface area contributed by atoms with Gasteiger partial charge in [-0.15, -0.1) is 0 Å². The van der Waals surface area contributed by atoms with Gasteiger partial charge in [-0.3, -0.25) is 9.59 Å². The molecule has 0 unspecified atom stereocenters. The molecule has 1 aromatic heterocycles. The second-order valence-corrected chi connectivity index (χ2v) is 6.57. The van der Waals surface area contributed by atoms with Gasteiger partial charge < -0.3 is 24.7 Å². The van der Waals surface area contributed by atoms with Crippen molar-refractivity contribution in [3.63, 3.8) is 0 Å². The highest BCUT2D eigenvalue weighted by molar-refractivity contribution is 5.92. The molecular weight excluding hydrogens is 348 g/mol. The van der Waals surface area contributed by atoms with E-state index < -0.39 is 0 Å². The van der Waals surface area contributed by atoms with Crippen LogP contribution < -0.4 is 20.5 Å². The quantitative estimate of drug-likeness (QED) is 0.799. The Labute approximate surface area is 157 Å². The van der Waals surface area contributed by atoms with Gasteiger partial charge in [-0.05, 0) is 26.0 Å². The van der Waals surface area contributed by atoms with Gasteiger partial charge in [-0.25, -0.2) is 4.98 Å². The normalized spacial score (nSPS) is 14.3. The molecule has 0 atom stereocenters. The molecule has 27 heavy (non-hydrogen) atoms. The van der Waals surface area contributed by atoms with Crippen molar-refractivity contribution < 1.29 is 14.3 Å². The van der Waals surface area contributed by atoms with Crippen LogP contribution in [-0.2, 0) is 16.0 Å². The molecule has 0 bridgehead atoms. The van der Waals surface area contributed by atoms with Crippen molar-refractivity contribution in [2.45, 2.75) is 26.4 Å². The van der Waals surface area contributed by atoms with Gasteiger partial charge in [0.2, 0.25) is 5.91 Å². The van der Waals surface area contributed by atoms with Crippen molar-refractivity contribution in [3.05, 3.63) is 46.5 Å². The van der Waals surface area contributed by atoms with Crippen LogP contribution in [0.1, 0.15) is 19.7 Å². The van der Waals surface area contributed by atoms with Gasteiger partial charge in [0.25, 0.3) is 5.56 Å². The molecular formula is C19H24N4O4. The zero-order chi connectivity index (χ0) is 19.2. The van der Waals surface area contributed by atoms with Crippen molar-refractivity contribution in [2.24, 2.45) is 0 Å². The number of H-pyrrole nitrogens is 1. The van der Waals surface area contributed by atoms with E-state index in [4.69, 9.17) is 9.47 Å². The molecule has 144 valence electrons. The number of ether oxygens (including phenoxy) is 2. The van der Waals surface area contributed by atoms with Crippen LogP contribution in [0.3, 0.4) is 0 Å². The molecule has 0 saturated carbocycles. The minimum absolute atomic E-state index is 0.0251. The average Bonchev–Trinajstić information content (AvgIpc) is 2.61. The first-order chi connectivity index (χ1) is 13.0. The lowest BCUT2D eigenvalue weighted by Gasteiger charge is -2.27. The Morgan fingerprint density at radius 2 is 2.11 bits per heavy atom. The number of amides is 1. The van der Waals surface area contributed by atoms with E-state index in [1.54, 1.807) is 12.1 Å². The highest BCUT2D eigenvalue weighted by Crippen LogP contribution is 2.19. The first kappa shape index (κ1) is 18.9. The molecule has 2 aromatic rings. The van der Waals surface area contributed by atoms with Gasteiger partial charge in [0.1, 0.15) is 17.4 Å². The summed E-state index contributed by atoms with van der Waals surface area (Å²) in [6, 6.07) is 8.64. The number of aromatic amines is 1. The van der Waals surface area contributed by atoms with Crippen LogP contribution in [0.5, 0.6) is 5.75 Å². The summed E-state index contributed by atoms with van der Waals surface area (Å²) in [6.07, 6.45) is 0.0241. The fourth-order valence-electron chi connectivity index (χ4n) is 2.81. The van der Waals surface area contributed by atoms with Gasteiger partial charge in [0.15, 0.2) is 0 Å². The summed E-state index contributed by atoms with van der Waals surface area (Å²) < 4.78 is 10.9. The Balaban J connectivity index is 1.67. The van der Waals surface area contributed by atoms with Crippen LogP contribution in [0.4, 0.5) is 11.5 Å². The first-order valence-corrected chi connectivity index (χ1v) is 8.99. The van der Waals surface area contributed by atoms with Gasteiger partial charge in [0.05, 0.1) is 25.7 Å². The summed E-state index contributed by atoms with van der Waals surface area (Å²) in [7, 11) is 0. The number of morpholine rings is 1. The van der Waals surface area contributed by atoms with Gasteiger partial charge in [0, 0.05) is 30.9 Å². The van der Waals surface area contributed by atoms with Crippen LogP contribution in [0.15, 0.2) is 35.1 Å². The predicted octanol–water partition coefficient (Wildman–Crippen LogP) is 1.57. The number of carbonyl (C=O) groups is 1. The smallest absolute Gasteiger partial charge is 0.252 e. The van der Waals surface area contributed by atoms with Crippen LogP contribution >= 0.6 is 0 Å². The maximum absolute atomic E-state index is 12.4. The minimum Gasteiger partial charge on any atom is -0.491 e. The van der Waals surface area contributed by atoms with Crippen molar-refractivity contribution in [3.8, 4) is 5.75 Å². The minimum atomic E-state index is -0.276. The Morgan fingerprint density at radius 3 is 2.85 bits per heavy atom. The van der Waals surface area contributed by atoms with E-state index in [1.807, 2.05) is 30.9 Å². The molecule has 0 spiro atoms. The molecule has 1 amide bonds. The fraction of sp³-hybridized carbons (Fsp3) is 0.421. The molecule has 8 heteroatoms. The number of nitrogens with one attached hydrogen (secondary N) is 2. The summed E-state index contributed by atoms with van der Waals surface area (Å²) in [5.74, 6) is 1.32. The molecule has 8 nitrogen and oxygen atoms in total. The third-order valence-corrected chi connectivity index (χ3v) is 3.93. The molecule has 1 aliphatic rings. The first-order valence-electron chi connectivity index (χ1n) is 8.99. The van der Waals surface area contributed by atoms with Crippen LogP contribution in [0.2, 0.25) is 0 Å². The lowest BCUT2D eigenvalue weighted by atomic mass is 10.2. The zero-order valence-corrected chi connectivity index (χ0v) is 15.5. The molecule has 1 saturated heterocycles. The van der Waals surface area contributed by atoms with Gasteiger partial charge in [-0.1, -0.05) is 6.07 Å². The summed E-state index contributed by atoms with van der Waals surface area (Å²) >= 11 is 0. The van der Waals surface area contributed by atoms with E-state index in [1.165, 1.54) is 6.07 Å². The van der Waals surface area contributed by atoms with E-state index in [-0.39, 0.29) is 24.0 Å². The Bertz CT molecular complexity index is 844. The number of benzene rings is 1. The van der Waals surface area contributed by atoms with E-state index in [0.717, 1.165) is 0 Å². The van der Waals surface area contributed by atoms with Crippen molar-refractivity contribution in [2.75, 3.05) is 36.5 Å². The summed E-state index contributed by atoms with van der Waals surface area (Å²) in [5, 5.41) is 2.81. The van der Waals surface area contributed by atoms with Crippen molar-refractivity contribution in [1.29, 1.82) is 0 Å².